The van der Waals surface area contributed by atoms with Gasteiger partial charge < -0.3 is 5.32 Å². The van der Waals surface area contributed by atoms with Gasteiger partial charge in [-0.05, 0) is 34.7 Å². The van der Waals surface area contributed by atoms with Gasteiger partial charge >= 0.3 is 0 Å². The fourth-order valence-electron chi connectivity index (χ4n) is 2.99. The van der Waals surface area contributed by atoms with E-state index in [2.05, 4.69) is 10.3 Å². The molecule has 4 aromatic rings. The lowest BCUT2D eigenvalue weighted by atomic mass is 10.2. The minimum atomic E-state index is -0.172. The normalized spacial score (nSPS) is 11.0. The summed E-state index contributed by atoms with van der Waals surface area (Å²) >= 11 is 15.0. The number of benzene rings is 2. The first kappa shape index (κ1) is 21.9. The lowest BCUT2D eigenvalue weighted by molar-refractivity contribution is -0.118. The van der Waals surface area contributed by atoms with Crippen molar-refractivity contribution in [3.63, 3.8) is 0 Å². The predicted octanol–water partition coefficient (Wildman–Crippen LogP) is 5.22. The van der Waals surface area contributed by atoms with E-state index in [1.165, 1.54) is 23.1 Å². The topological polar surface area (TPSA) is 64.0 Å². The van der Waals surface area contributed by atoms with Gasteiger partial charge in [-0.25, -0.2) is 4.98 Å². The van der Waals surface area contributed by atoms with Crippen molar-refractivity contribution in [2.24, 2.45) is 0 Å². The van der Waals surface area contributed by atoms with Gasteiger partial charge in [0, 0.05) is 16.6 Å². The summed E-state index contributed by atoms with van der Waals surface area (Å²) in [7, 11) is 0. The molecule has 0 aliphatic carbocycles. The molecule has 9 heteroatoms. The summed E-state index contributed by atoms with van der Waals surface area (Å²) in [5, 5.41) is 6.35. The van der Waals surface area contributed by atoms with E-state index in [1.54, 1.807) is 16.7 Å². The number of fused-ring (bicyclic) bond motifs is 1. The quantitative estimate of drug-likeness (QED) is 0.285. The molecule has 0 saturated heterocycles. The lowest BCUT2D eigenvalue weighted by Crippen LogP contribution is -2.27. The Hall–Kier alpha value is -2.32. The van der Waals surface area contributed by atoms with Crippen LogP contribution >= 0.6 is 46.3 Å². The van der Waals surface area contributed by atoms with Crippen LogP contribution in [0.15, 0.2) is 69.9 Å². The number of nitrogens with one attached hydrogen (secondary N) is 1. The second kappa shape index (κ2) is 9.87. The Balaban J connectivity index is 1.53. The third-order valence-electron chi connectivity index (χ3n) is 4.58. The van der Waals surface area contributed by atoms with E-state index < -0.39 is 0 Å². The summed E-state index contributed by atoms with van der Waals surface area (Å²) in [5.41, 5.74) is 2.15. The molecule has 31 heavy (non-hydrogen) atoms. The zero-order valence-corrected chi connectivity index (χ0v) is 19.3. The molecule has 1 amide bonds. The zero-order chi connectivity index (χ0) is 21.8. The van der Waals surface area contributed by atoms with E-state index in [9.17, 15) is 9.59 Å². The molecule has 0 bridgehead atoms. The Kier molecular flexibility index (Phi) is 6.97. The number of thiophene rings is 1. The van der Waals surface area contributed by atoms with Crippen LogP contribution in [-0.2, 0) is 17.9 Å². The maximum Gasteiger partial charge on any atom is 0.272 e. The first-order valence-electron chi connectivity index (χ1n) is 9.37. The van der Waals surface area contributed by atoms with Crippen molar-refractivity contribution in [3.8, 4) is 0 Å². The highest BCUT2D eigenvalue weighted by atomic mass is 35.5. The van der Waals surface area contributed by atoms with Crippen molar-refractivity contribution in [2.75, 3.05) is 5.75 Å². The van der Waals surface area contributed by atoms with Gasteiger partial charge in [0.1, 0.15) is 4.70 Å². The average Bonchev–Trinajstić information content (AvgIpc) is 3.24. The van der Waals surface area contributed by atoms with Crippen molar-refractivity contribution in [1.82, 2.24) is 14.9 Å². The molecule has 0 aliphatic rings. The minimum absolute atomic E-state index is 0.120. The summed E-state index contributed by atoms with van der Waals surface area (Å²) in [4.78, 5) is 30.1. The van der Waals surface area contributed by atoms with Crippen molar-refractivity contribution in [3.05, 3.63) is 91.5 Å². The van der Waals surface area contributed by atoms with Gasteiger partial charge in [0.25, 0.3) is 5.56 Å². The molecule has 0 fully saturated rings. The predicted molar refractivity (Wildman–Crippen MR) is 128 cm³/mol. The van der Waals surface area contributed by atoms with Gasteiger partial charge in [0.2, 0.25) is 5.91 Å². The zero-order valence-electron chi connectivity index (χ0n) is 16.2. The van der Waals surface area contributed by atoms with Crippen LogP contribution in [0.1, 0.15) is 11.1 Å². The molecule has 4 rings (SSSR count). The van der Waals surface area contributed by atoms with E-state index in [0.717, 1.165) is 11.1 Å². The minimum Gasteiger partial charge on any atom is -0.351 e. The second-order valence-corrected chi connectivity index (χ2v) is 9.34. The third-order valence-corrected chi connectivity index (χ3v) is 7.19. The molecule has 0 radical (unpaired) electrons. The summed E-state index contributed by atoms with van der Waals surface area (Å²) in [5.74, 6) is -0.0522. The molecule has 158 valence electrons. The Morgan fingerprint density at radius 3 is 2.42 bits per heavy atom. The summed E-state index contributed by atoms with van der Waals surface area (Å²) in [6.07, 6.45) is 0. The van der Waals surface area contributed by atoms with Crippen molar-refractivity contribution >= 4 is 62.4 Å². The van der Waals surface area contributed by atoms with E-state index in [1.807, 2.05) is 47.8 Å². The maximum atomic E-state index is 13.1. The molecule has 5 nitrogen and oxygen atoms in total. The number of hydrogen-bond donors (Lipinski definition) is 1. The molecule has 2 heterocycles. The summed E-state index contributed by atoms with van der Waals surface area (Å²) in [6, 6.07) is 16.5. The summed E-state index contributed by atoms with van der Waals surface area (Å²) < 4.78 is 2.16. The van der Waals surface area contributed by atoms with Crippen LogP contribution in [0, 0.1) is 0 Å². The van der Waals surface area contributed by atoms with E-state index >= 15 is 0 Å². The van der Waals surface area contributed by atoms with Crippen LogP contribution in [0.4, 0.5) is 0 Å². The van der Waals surface area contributed by atoms with Gasteiger partial charge in [-0.15, -0.1) is 11.3 Å². The standard InChI is InChI=1S/C22H17Cl2N3O2S2/c23-16-7-3-1-5-14(16)11-25-19(28)13-31-22-26-18-9-10-30-20(18)21(29)27(22)12-15-6-2-4-8-17(15)24/h1-10H,11-13H2,(H,25,28). The largest absolute Gasteiger partial charge is 0.351 e. The molecule has 0 atom stereocenters. The molecule has 2 aromatic heterocycles. The highest BCUT2D eigenvalue weighted by Crippen LogP contribution is 2.23. The molecular weight excluding hydrogens is 473 g/mol. The van der Waals surface area contributed by atoms with E-state index in [-0.39, 0.29) is 23.8 Å². The van der Waals surface area contributed by atoms with Crippen molar-refractivity contribution < 1.29 is 4.79 Å². The number of thioether (sulfide) groups is 1. The van der Waals surface area contributed by atoms with Crippen molar-refractivity contribution in [1.29, 1.82) is 0 Å². The van der Waals surface area contributed by atoms with Gasteiger partial charge in [0.15, 0.2) is 5.16 Å². The fraction of sp³-hybridized carbons (Fsp3) is 0.136. The number of carbonyl (C=O) groups excluding carboxylic acids is 1. The first-order chi connectivity index (χ1) is 15.0. The van der Waals surface area contributed by atoms with Crippen LogP contribution in [0.3, 0.4) is 0 Å². The molecule has 0 unspecified atom stereocenters. The first-order valence-corrected chi connectivity index (χ1v) is 12.0. The summed E-state index contributed by atoms with van der Waals surface area (Å²) in [6.45, 7) is 0.616. The highest BCUT2D eigenvalue weighted by Gasteiger charge is 2.15. The Bertz CT molecular complexity index is 1300. The number of nitrogens with zero attached hydrogens (tertiary/aromatic N) is 2. The molecule has 0 aliphatic heterocycles. The van der Waals surface area contributed by atoms with Crippen LogP contribution < -0.4 is 10.9 Å². The molecule has 1 N–H and O–H groups in total. The van der Waals surface area contributed by atoms with Crippen LogP contribution in [0.25, 0.3) is 10.2 Å². The number of hydrogen-bond acceptors (Lipinski definition) is 5. The average molecular weight is 490 g/mol. The van der Waals surface area contributed by atoms with Gasteiger partial charge in [-0.1, -0.05) is 71.4 Å². The van der Waals surface area contributed by atoms with Crippen LogP contribution in [0.5, 0.6) is 0 Å². The monoisotopic (exact) mass is 489 g/mol. The van der Waals surface area contributed by atoms with Gasteiger partial charge in [0.05, 0.1) is 17.8 Å². The van der Waals surface area contributed by atoms with Crippen LogP contribution in [0.2, 0.25) is 10.0 Å². The number of halogens is 2. The maximum absolute atomic E-state index is 13.1. The molecule has 0 spiro atoms. The Morgan fingerprint density at radius 2 is 1.71 bits per heavy atom. The molecule has 2 aromatic carbocycles. The highest BCUT2D eigenvalue weighted by molar-refractivity contribution is 7.99. The third kappa shape index (κ3) is 5.13. The van der Waals surface area contributed by atoms with Crippen LogP contribution in [-0.4, -0.2) is 21.2 Å². The second-order valence-electron chi connectivity index (χ2n) is 6.67. The number of aromatic nitrogens is 2. The molecular formula is C22H17Cl2N3O2S2. The number of amides is 1. The smallest absolute Gasteiger partial charge is 0.272 e. The lowest BCUT2D eigenvalue weighted by Gasteiger charge is -2.13. The van der Waals surface area contributed by atoms with E-state index in [4.69, 9.17) is 23.2 Å². The fourth-order valence-corrected chi connectivity index (χ4v) is 4.99. The Morgan fingerprint density at radius 1 is 1.03 bits per heavy atom. The van der Waals surface area contributed by atoms with Crippen molar-refractivity contribution in [2.45, 2.75) is 18.2 Å². The SMILES string of the molecule is O=C(CSc1nc2ccsc2c(=O)n1Cc1ccccc1Cl)NCc1ccccc1Cl. The number of rotatable bonds is 7. The van der Waals surface area contributed by atoms with Gasteiger partial charge in [-0.3, -0.25) is 14.2 Å². The van der Waals surface area contributed by atoms with Gasteiger partial charge in [-0.2, -0.15) is 0 Å². The number of carbonyl (C=O) groups is 1. The molecule has 0 saturated carbocycles. The van der Waals surface area contributed by atoms with E-state index in [0.29, 0.717) is 32.0 Å². The Labute approximate surface area is 197 Å².